The molecule has 1 N–H and O–H groups in total. The van der Waals surface area contributed by atoms with Gasteiger partial charge >= 0.3 is 5.97 Å². The van der Waals surface area contributed by atoms with Crippen LogP contribution in [-0.4, -0.2) is 20.6 Å². The molecule has 0 aliphatic carbocycles. The van der Waals surface area contributed by atoms with Gasteiger partial charge in [-0.2, -0.15) is 0 Å². The lowest BCUT2D eigenvalue weighted by Gasteiger charge is -2.20. The number of hydrogen-bond donors (Lipinski definition) is 1. The van der Waals surface area contributed by atoms with E-state index < -0.39 is 12.0 Å². The Hall–Kier alpha value is -2.17. The van der Waals surface area contributed by atoms with Crippen LogP contribution in [0.5, 0.6) is 0 Å². The van der Waals surface area contributed by atoms with Gasteiger partial charge in [0.05, 0.1) is 5.69 Å². The first kappa shape index (κ1) is 11.9. The lowest BCUT2D eigenvalue weighted by Crippen LogP contribution is -2.24. The van der Waals surface area contributed by atoms with Crippen molar-refractivity contribution >= 4 is 5.97 Å². The standard InChI is InChI=1S/C14H13FN2O2/c15-10-6-4-9(5-7-10)11-8-17-12(14(18)19)2-1-3-13(17)16-11/h4-8,12H,1-3H2,(H,18,19). The number of carbonyl (C=O) groups is 1. The molecule has 2 aromatic rings. The number of aryl methyl sites for hydroxylation is 1. The average Bonchev–Trinajstić information content (AvgIpc) is 2.82. The van der Waals surface area contributed by atoms with Gasteiger partial charge in [0.15, 0.2) is 0 Å². The molecule has 1 aliphatic rings. The van der Waals surface area contributed by atoms with Crippen molar-refractivity contribution in [1.29, 1.82) is 0 Å². The van der Waals surface area contributed by atoms with Crippen molar-refractivity contribution in [2.24, 2.45) is 0 Å². The molecular weight excluding hydrogens is 247 g/mol. The Balaban J connectivity index is 2.02. The summed E-state index contributed by atoms with van der Waals surface area (Å²) in [5.41, 5.74) is 1.50. The number of carboxylic acid groups (broad SMARTS) is 1. The number of aliphatic carboxylic acids is 1. The fourth-order valence-electron chi connectivity index (χ4n) is 2.48. The highest BCUT2D eigenvalue weighted by Gasteiger charge is 2.27. The summed E-state index contributed by atoms with van der Waals surface area (Å²) >= 11 is 0. The maximum Gasteiger partial charge on any atom is 0.326 e. The van der Waals surface area contributed by atoms with Gasteiger partial charge in [0.25, 0.3) is 0 Å². The second-order valence-corrected chi connectivity index (χ2v) is 4.70. The summed E-state index contributed by atoms with van der Waals surface area (Å²) in [6, 6.07) is 5.52. The Morgan fingerprint density at radius 1 is 1.37 bits per heavy atom. The lowest BCUT2D eigenvalue weighted by molar-refractivity contribution is -0.141. The van der Waals surface area contributed by atoms with E-state index in [1.54, 1.807) is 22.9 Å². The molecule has 19 heavy (non-hydrogen) atoms. The van der Waals surface area contributed by atoms with Crippen LogP contribution in [0.4, 0.5) is 4.39 Å². The minimum atomic E-state index is -0.830. The Kier molecular flexibility index (Phi) is 2.81. The molecule has 1 unspecified atom stereocenters. The SMILES string of the molecule is O=C(O)C1CCCc2nc(-c3ccc(F)cc3)cn21. The van der Waals surface area contributed by atoms with Crippen LogP contribution in [0.25, 0.3) is 11.3 Å². The topological polar surface area (TPSA) is 55.1 Å². The van der Waals surface area contributed by atoms with Crippen molar-refractivity contribution in [3.05, 3.63) is 42.1 Å². The van der Waals surface area contributed by atoms with Crippen molar-refractivity contribution in [3.8, 4) is 11.3 Å². The van der Waals surface area contributed by atoms with Gasteiger partial charge in [0.1, 0.15) is 17.7 Å². The second kappa shape index (κ2) is 4.50. The van der Waals surface area contributed by atoms with Crippen molar-refractivity contribution in [3.63, 3.8) is 0 Å². The van der Waals surface area contributed by atoms with Crippen LogP contribution in [-0.2, 0) is 11.2 Å². The number of rotatable bonds is 2. The largest absolute Gasteiger partial charge is 0.480 e. The van der Waals surface area contributed by atoms with Crippen molar-refractivity contribution in [2.75, 3.05) is 0 Å². The number of nitrogens with zero attached hydrogens (tertiary/aromatic N) is 2. The van der Waals surface area contributed by atoms with E-state index in [-0.39, 0.29) is 5.82 Å². The minimum Gasteiger partial charge on any atom is -0.480 e. The van der Waals surface area contributed by atoms with E-state index in [1.165, 1.54) is 12.1 Å². The molecule has 0 spiro atoms. The van der Waals surface area contributed by atoms with Gasteiger partial charge in [-0.05, 0) is 37.1 Å². The molecule has 0 amide bonds. The third-order valence-electron chi connectivity index (χ3n) is 3.45. The summed E-state index contributed by atoms with van der Waals surface area (Å²) in [7, 11) is 0. The molecule has 0 saturated heterocycles. The molecular formula is C14H13FN2O2. The Morgan fingerprint density at radius 2 is 2.11 bits per heavy atom. The summed E-state index contributed by atoms with van der Waals surface area (Å²) in [5.74, 6) is -0.335. The number of imidazole rings is 1. The third kappa shape index (κ3) is 2.12. The molecule has 0 radical (unpaired) electrons. The zero-order chi connectivity index (χ0) is 13.4. The fourth-order valence-corrected chi connectivity index (χ4v) is 2.48. The zero-order valence-corrected chi connectivity index (χ0v) is 10.2. The van der Waals surface area contributed by atoms with Crippen LogP contribution >= 0.6 is 0 Å². The normalized spacial score (nSPS) is 18.1. The lowest BCUT2D eigenvalue weighted by atomic mass is 10.1. The van der Waals surface area contributed by atoms with Crippen LogP contribution in [0.2, 0.25) is 0 Å². The van der Waals surface area contributed by atoms with Crippen LogP contribution in [0.3, 0.4) is 0 Å². The number of fused-ring (bicyclic) bond motifs is 1. The zero-order valence-electron chi connectivity index (χ0n) is 10.2. The molecule has 2 heterocycles. The summed E-state index contributed by atoms with van der Waals surface area (Å²) in [5, 5.41) is 9.20. The maximum atomic E-state index is 12.9. The molecule has 1 aromatic carbocycles. The number of hydrogen-bond acceptors (Lipinski definition) is 2. The minimum absolute atomic E-state index is 0.295. The number of benzene rings is 1. The number of carboxylic acids is 1. The average molecular weight is 260 g/mol. The van der Waals surface area contributed by atoms with Crippen LogP contribution in [0, 0.1) is 5.82 Å². The summed E-state index contributed by atoms with van der Waals surface area (Å²) < 4.78 is 14.6. The molecule has 98 valence electrons. The Morgan fingerprint density at radius 3 is 2.79 bits per heavy atom. The van der Waals surface area contributed by atoms with Gasteiger partial charge in [-0.25, -0.2) is 14.2 Å². The monoisotopic (exact) mass is 260 g/mol. The predicted octanol–water partition coefficient (Wildman–Crippen LogP) is 2.65. The molecule has 0 bridgehead atoms. The van der Waals surface area contributed by atoms with Gasteiger partial charge in [0, 0.05) is 18.2 Å². The molecule has 3 rings (SSSR count). The first-order valence-electron chi connectivity index (χ1n) is 6.21. The molecule has 4 nitrogen and oxygen atoms in total. The van der Waals surface area contributed by atoms with Gasteiger partial charge in [-0.15, -0.1) is 0 Å². The first-order valence-corrected chi connectivity index (χ1v) is 6.21. The van der Waals surface area contributed by atoms with Crippen LogP contribution in [0.15, 0.2) is 30.5 Å². The van der Waals surface area contributed by atoms with Crippen LogP contribution in [0.1, 0.15) is 24.7 Å². The Bertz CT molecular complexity index is 619. The van der Waals surface area contributed by atoms with E-state index in [1.807, 2.05) is 0 Å². The van der Waals surface area contributed by atoms with E-state index in [4.69, 9.17) is 0 Å². The number of halogens is 1. The van der Waals surface area contributed by atoms with Crippen LogP contribution < -0.4 is 0 Å². The highest BCUT2D eigenvalue weighted by molar-refractivity contribution is 5.72. The van der Waals surface area contributed by atoms with E-state index in [0.29, 0.717) is 12.1 Å². The quantitative estimate of drug-likeness (QED) is 0.903. The van der Waals surface area contributed by atoms with E-state index >= 15 is 0 Å². The van der Waals surface area contributed by atoms with E-state index in [9.17, 15) is 14.3 Å². The van der Waals surface area contributed by atoms with Gasteiger partial charge in [0.2, 0.25) is 0 Å². The van der Waals surface area contributed by atoms with Crippen molar-refractivity contribution < 1.29 is 14.3 Å². The van der Waals surface area contributed by atoms with E-state index in [2.05, 4.69) is 4.98 Å². The Labute approximate surface area is 109 Å². The molecule has 0 saturated carbocycles. The number of aromatic nitrogens is 2. The molecule has 1 aliphatic heterocycles. The molecule has 5 heteroatoms. The van der Waals surface area contributed by atoms with Gasteiger partial charge in [-0.3, -0.25) is 0 Å². The molecule has 1 aromatic heterocycles. The van der Waals surface area contributed by atoms with Gasteiger partial charge < -0.3 is 9.67 Å². The van der Waals surface area contributed by atoms with Crippen molar-refractivity contribution in [2.45, 2.75) is 25.3 Å². The fraction of sp³-hybridized carbons (Fsp3) is 0.286. The van der Waals surface area contributed by atoms with Crippen molar-refractivity contribution in [1.82, 2.24) is 9.55 Å². The molecule has 0 fully saturated rings. The highest BCUT2D eigenvalue weighted by Crippen LogP contribution is 2.28. The summed E-state index contributed by atoms with van der Waals surface area (Å²) in [4.78, 5) is 15.7. The van der Waals surface area contributed by atoms with Gasteiger partial charge in [-0.1, -0.05) is 0 Å². The smallest absolute Gasteiger partial charge is 0.326 e. The predicted molar refractivity (Wildman–Crippen MR) is 67.2 cm³/mol. The maximum absolute atomic E-state index is 12.9. The molecule has 1 atom stereocenters. The second-order valence-electron chi connectivity index (χ2n) is 4.70. The first-order chi connectivity index (χ1) is 9.15. The van der Waals surface area contributed by atoms with E-state index in [0.717, 1.165) is 24.2 Å². The third-order valence-corrected chi connectivity index (χ3v) is 3.45. The summed E-state index contributed by atoms with van der Waals surface area (Å²) in [6.45, 7) is 0. The highest BCUT2D eigenvalue weighted by atomic mass is 19.1. The summed E-state index contributed by atoms with van der Waals surface area (Å²) in [6.07, 6.45) is 3.99.